The van der Waals surface area contributed by atoms with E-state index >= 15 is 0 Å². The van der Waals surface area contributed by atoms with Crippen LogP contribution in [-0.4, -0.2) is 23.8 Å². The Labute approximate surface area is 199 Å². The molecule has 0 amide bonds. The quantitative estimate of drug-likeness (QED) is 0.406. The normalized spacial score (nSPS) is 11.9. The van der Waals surface area contributed by atoms with Gasteiger partial charge in [0.25, 0.3) is 0 Å². The third-order valence-corrected chi connectivity index (χ3v) is 6.24. The average Bonchev–Trinajstić information content (AvgIpc) is 2.88. The van der Waals surface area contributed by atoms with Crippen LogP contribution in [0.3, 0.4) is 0 Å². The first-order chi connectivity index (χ1) is 16.7. The van der Waals surface area contributed by atoms with Crippen molar-refractivity contribution in [3.63, 3.8) is 0 Å². The highest BCUT2D eigenvalue weighted by atomic mass is 16.5. The second kappa shape index (κ2) is 9.43. The van der Waals surface area contributed by atoms with Gasteiger partial charge in [0.15, 0.2) is 11.5 Å². The van der Waals surface area contributed by atoms with Gasteiger partial charge in [-0.15, -0.1) is 0 Å². The van der Waals surface area contributed by atoms with Gasteiger partial charge in [0.05, 0.1) is 19.9 Å². The Morgan fingerprint density at radius 3 is 2.03 bits per heavy atom. The fourth-order valence-electron chi connectivity index (χ4n) is 4.52. The molecule has 0 radical (unpaired) electrons. The molecule has 0 bridgehead atoms. The molecular formula is C28H27N3O3. The maximum atomic E-state index is 13.2. The van der Waals surface area contributed by atoms with E-state index in [2.05, 4.69) is 34.1 Å². The lowest BCUT2D eigenvalue weighted by Gasteiger charge is -2.27. The summed E-state index contributed by atoms with van der Waals surface area (Å²) < 4.78 is 12.8. The van der Waals surface area contributed by atoms with Gasteiger partial charge in [0.1, 0.15) is 5.82 Å². The lowest BCUT2D eigenvalue weighted by molar-refractivity contribution is 0.354. The molecule has 0 aliphatic carbocycles. The molecule has 172 valence electrons. The van der Waals surface area contributed by atoms with E-state index in [9.17, 15) is 4.79 Å². The molecular weight excluding hydrogens is 426 g/mol. The Morgan fingerprint density at radius 1 is 0.853 bits per heavy atom. The van der Waals surface area contributed by atoms with Crippen LogP contribution in [0, 0.1) is 0 Å². The second-order valence-corrected chi connectivity index (χ2v) is 8.38. The summed E-state index contributed by atoms with van der Waals surface area (Å²) in [4.78, 5) is 19.8. The first kappa shape index (κ1) is 21.8. The molecule has 0 saturated heterocycles. The Kier molecular flexibility index (Phi) is 6.04. The van der Waals surface area contributed by atoms with Crippen molar-refractivity contribution in [1.82, 2.24) is 9.55 Å². The first-order valence-electron chi connectivity index (χ1n) is 11.4. The van der Waals surface area contributed by atoms with Gasteiger partial charge < -0.3 is 14.4 Å². The van der Waals surface area contributed by atoms with Gasteiger partial charge in [-0.3, -0.25) is 4.57 Å². The number of methoxy groups -OCH3 is 2. The van der Waals surface area contributed by atoms with Crippen molar-refractivity contribution >= 4 is 5.82 Å². The lowest BCUT2D eigenvalue weighted by Crippen LogP contribution is -2.32. The predicted octanol–water partition coefficient (Wildman–Crippen LogP) is 4.69. The maximum absolute atomic E-state index is 13.2. The van der Waals surface area contributed by atoms with Gasteiger partial charge in [-0.05, 0) is 35.2 Å². The zero-order chi connectivity index (χ0) is 23.5. The zero-order valence-corrected chi connectivity index (χ0v) is 19.4. The predicted molar refractivity (Wildman–Crippen MR) is 134 cm³/mol. The molecule has 0 atom stereocenters. The molecule has 1 aliphatic heterocycles. The molecule has 6 heteroatoms. The molecule has 0 unspecified atom stereocenters. The van der Waals surface area contributed by atoms with Gasteiger partial charge >= 0.3 is 5.69 Å². The number of hydrogen-bond donors (Lipinski definition) is 0. The largest absolute Gasteiger partial charge is 0.493 e. The van der Waals surface area contributed by atoms with Crippen molar-refractivity contribution in [2.75, 3.05) is 19.1 Å². The number of nitrogens with zero attached hydrogens (tertiary/aromatic N) is 3. The number of rotatable bonds is 7. The molecule has 0 fully saturated rings. The number of fused-ring (bicyclic) bond motifs is 3. The number of ether oxygens (including phenoxy) is 2. The maximum Gasteiger partial charge on any atom is 0.350 e. The van der Waals surface area contributed by atoms with Crippen LogP contribution >= 0.6 is 0 Å². The Bertz CT molecular complexity index is 1310. The highest BCUT2D eigenvalue weighted by molar-refractivity contribution is 5.72. The topological polar surface area (TPSA) is 56.6 Å². The number of anilines is 1. The van der Waals surface area contributed by atoms with Crippen molar-refractivity contribution < 1.29 is 9.47 Å². The van der Waals surface area contributed by atoms with Crippen molar-refractivity contribution in [3.05, 3.63) is 106 Å². The van der Waals surface area contributed by atoms with Crippen LogP contribution in [0.15, 0.2) is 83.7 Å². The van der Waals surface area contributed by atoms with E-state index in [1.807, 2.05) is 54.6 Å². The number of aromatic nitrogens is 2. The lowest BCUT2D eigenvalue weighted by atomic mass is 9.96. The third kappa shape index (κ3) is 4.27. The van der Waals surface area contributed by atoms with Crippen LogP contribution in [0.1, 0.15) is 16.7 Å². The van der Waals surface area contributed by atoms with Gasteiger partial charge in [0.2, 0.25) is 0 Å². The van der Waals surface area contributed by atoms with Crippen LogP contribution in [-0.2, 0) is 26.1 Å². The molecule has 34 heavy (non-hydrogen) atoms. The summed E-state index contributed by atoms with van der Waals surface area (Å²) in [7, 11) is 3.26. The van der Waals surface area contributed by atoms with Gasteiger partial charge in [-0.2, -0.15) is 4.98 Å². The first-order valence-corrected chi connectivity index (χ1v) is 11.4. The second-order valence-electron chi connectivity index (χ2n) is 8.38. The smallest absolute Gasteiger partial charge is 0.350 e. The molecule has 2 heterocycles. The van der Waals surface area contributed by atoms with E-state index in [0.29, 0.717) is 37.0 Å². The molecule has 5 rings (SSSR count). The van der Waals surface area contributed by atoms with Crippen molar-refractivity contribution in [3.8, 4) is 22.8 Å². The van der Waals surface area contributed by atoms with Crippen LogP contribution < -0.4 is 20.1 Å². The molecule has 3 aromatic carbocycles. The van der Waals surface area contributed by atoms with E-state index in [1.165, 1.54) is 0 Å². The van der Waals surface area contributed by atoms with Crippen LogP contribution in [0.25, 0.3) is 11.3 Å². The summed E-state index contributed by atoms with van der Waals surface area (Å²) in [6.07, 6.45) is 0.737. The monoisotopic (exact) mass is 453 g/mol. The minimum absolute atomic E-state index is 0.237. The third-order valence-electron chi connectivity index (χ3n) is 6.24. The van der Waals surface area contributed by atoms with Crippen molar-refractivity contribution in [1.29, 1.82) is 0 Å². The molecule has 0 spiro atoms. The minimum atomic E-state index is -0.237. The molecule has 4 aromatic rings. The summed E-state index contributed by atoms with van der Waals surface area (Å²) in [5, 5.41) is 0. The van der Waals surface area contributed by atoms with E-state index in [1.54, 1.807) is 18.8 Å². The number of aryl methyl sites for hydroxylation is 1. The fraction of sp³-hybridized carbons (Fsp3) is 0.214. The van der Waals surface area contributed by atoms with Crippen LogP contribution in [0.4, 0.5) is 5.82 Å². The molecule has 1 aromatic heterocycles. The Balaban J connectivity index is 1.61. The summed E-state index contributed by atoms with van der Waals surface area (Å²) in [6, 6.07) is 26.5. The highest BCUT2D eigenvalue weighted by Gasteiger charge is 2.23. The summed E-state index contributed by atoms with van der Waals surface area (Å²) in [6.45, 7) is 1.87. The SMILES string of the molecule is COc1cc2c(cc1OC)-c1cc(N(Cc3ccccc3)Cc3ccccc3)nc(=O)n1CC2. The average molecular weight is 454 g/mol. The van der Waals surface area contributed by atoms with E-state index < -0.39 is 0 Å². The van der Waals surface area contributed by atoms with Gasteiger partial charge in [0, 0.05) is 31.3 Å². The van der Waals surface area contributed by atoms with Crippen LogP contribution in [0.2, 0.25) is 0 Å². The summed E-state index contributed by atoms with van der Waals surface area (Å²) in [5.74, 6) is 2.00. The number of hydrogen-bond acceptors (Lipinski definition) is 5. The summed E-state index contributed by atoms with van der Waals surface area (Å²) >= 11 is 0. The van der Waals surface area contributed by atoms with E-state index in [-0.39, 0.29) is 5.69 Å². The Morgan fingerprint density at radius 2 is 1.44 bits per heavy atom. The molecule has 1 aliphatic rings. The van der Waals surface area contributed by atoms with Crippen molar-refractivity contribution in [2.24, 2.45) is 0 Å². The summed E-state index contributed by atoms with van der Waals surface area (Å²) in [5.41, 5.74) is 5.04. The molecule has 0 saturated carbocycles. The van der Waals surface area contributed by atoms with Crippen LogP contribution in [0.5, 0.6) is 11.5 Å². The van der Waals surface area contributed by atoms with Gasteiger partial charge in [-0.25, -0.2) is 4.79 Å². The fourth-order valence-corrected chi connectivity index (χ4v) is 4.52. The Hall–Kier alpha value is -4.06. The zero-order valence-electron chi connectivity index (χ0n) is 19.4. The molecule has 0 N–H and O–H groups in total. The minimum Gasteiger partial charge on any atom is -0.493 e. The number of benzene rings is 3. The van der Waals surface area contributed by atoms with Gasteiger partial charge in [-0.1, -0.05) is 60.7 Å². The highest BCUT2D eigenvalue weighted by Crippen LogP contribution is 2.38. The standard InChI is InChI=1S/C28H27N3O3/c1-33-25-15-22-13-14-31-24(23(22)16-26(25)34-2)17-27(29-28(31)32)30(18-20-9-5-3-6-10-20)19-21-11-7-4-8-12-21/h3-12,15-17H,13-14,18-19H2,1-2H3. The van der Waals surface area contributed by atoms with E-state index in [0.717, 1.165) is 34.4 Å². The van der Waals surface area contributed by atoms with E-state index in [4.69, 9.17) is 9.47 Å². The molecule has 6 nitrogen and oxygen atoms in total. The van der Waals surface area contributed by atoms with Crippen molar-refractivity contribution in [2.45, 2.75) is 26.1 Å².